The molecule has 4 rings (SSSR count). The summed E-state index contributed by atoms with van der Waals surface area (Å²) < 4.78 is 1.74. The van der Waals surface area contributed by atoms with Gasteiger partial charge in [0, 0.05) is 23.7 Å². The summed E-state index contributed by atoms with van der Waals surface area (Å²) in [6.07, 6.45) is 5.51. The number of hydrogen-bond donors (Lipinski definition) is 1. The van der Waals surface area contributed by atoms with E-state index in [9.17, 15) is 4.79 Å². The molecule has 0 atom stereocenters. The maximum atomic E-state index is 12.7. The molecule has 0 unspecified atom stereocenters. The van der Waals surface area contributed by atoms with Crippen LogP contribution in [0.25, 0.3) is 0 Å². The molecule has 0 bridgehead atoms. The van der Waals surface area contributed by atoms with Crippen LogP contribution in [0.5, 0.6) is 0 Å². The number of halogens is 1. The van der Waals surface area contributed by atoms with E-state index < -0.39 is 0 Å². The molecule has 2 heterocycles. The molecule has 2 aromatic carbocycles. The van der Waals surface area contributed by atoms with Crippen molar-refractivity contribution in [2.45, 2.75) is 19.4 Å². The van der Waals surface area contributed by atoms with Gasteiger partial charge in [-0.1, -0.05) is 23.7 Å². The highest BCUT2D eigenvalue weighted by molar-refractivity contribution is 6.31. The van der Waals surface area contributed by atoms with E-state index in [1.54, 1.807) is 11.0 Å². The quantitative estimate of drug-likeness (QED) is 0.729. The molecule has 27 heavy (non-hydrogen) atoms. The molecule has 1 aromatic heterocycles. The van der Waals surface area contributed by atoms with Gasteiger partial charge < -0.3 is 10.2 Å². The van der Waals surface area contributed by atoms with Crippen LogP contribution in [0.3, 0.4) is 0 Å². The lowest BCUT2D eigenvalue weighted by Gasteiger charge is -2.22. The first-order valence-electron chi connectivity index (χ1n) is 8.96. The third-order valence-electron chi connectivity index (χ3n) is 4.68. The highest BCUT2D eigenvalue weighted by atomic mass is 35.5. The molecule has 1 fully saturated rings. The van der Waals surface area contributed by atoms with Gasteiger partial charge in [0.25, 0.3) is 5.91 Å². The number of rotatable bonds is 5. The summed E-state index contributed by atoms with van der Waals surface area (Å²) >= 11 is 6.16. The van der Waals surface area contributed by atoms with Gasteiger partial charge in [-0.15, -0.1) is 0 Å². The first-order chi connectivity index (χ1) is 13.2. The molecule has 3 aromatic rings. The van der Waals surface area contributed by atoms with Crippen LogP contribution in [-0.2, 0) is 6.54 Å². The number of amides is 1. The van der Waals surface area contributed by atoms with Crippen LogP contribution in [0, 0.1) is 0 Å². The Labute approximate surface area is 162 Å². The molecule has 0 saturated carbocycles. The van der Waals surface area contributed by atoms with E-state index in [1.165, 1.54) is 19.2 Å². The molecule has 1 amide bonds. The maximum Gasteiger partial charge on any atom is 0.255 e. The Morgan fingerprint density at radius 2 is 1.89 bits per heavy atom. The minimum atomic E-state index is -0.148. The molecule has 0 aliphatic carbocycles. The van der Waals surface area contributed by atoms with E-state index in [4.69, 9.17) is 11.6 Å². The van der Waals surface area contributed by atoms with Crippen molar-refractivity contribution in [3.05, 3.63) is 71.3 Å². The third kappa shape index (κ3) is 4.11. The Bertz CT molecular complexity index is 918. The van der Waals surface area contributed by atoms with Crippen molar-refractivity contribution in [3.63, 3.8) is 0 Å². The molecule has 7 heteroatoms. The molecule has 1 saturated heterocycles. The van der Waals surface area contributed by atoms with Gasteiger partial charge in [-0.3, -0.25) is 4.79 Å². The Balaban J connectivity index is 1.49. The number of benzene rings is 2. The van der Waals surface area contributed by atoms with Gasteiger partial charge in [-0.2, -0.15) is 5.10 Å². The van der Waals surface area contributed by atoms with Gasteiger partial charge in [0.2, 0.25) is 0 Å². The molecular weight excluding hydrogens is 362 g/mol. The lowest BCUT2D eigenvalue weighted by atomic mass is 10.1. The average Bonchev–Trinajstić information content (AvgIpc) is 3.36. The minimum absolute atomic E-state index is 0.148. The summed E-state index contributed by atoms with van der Waals surface area (Å²) in [7, 11) is 0. The summed E-state index contributed by atoms with van der Waals surface area (Å²) in [6.45, 7) is 2.62. The second kappa shape index (κ2) is 7.80. The standard InChI is InChI=1S/C20H20ClN5O/c21-17-7-8-19(25-9-1-2-10-25)18(11-17)24-20(27)16-5-3-15(4-6-16)12-26-14-22-13-23-26/h3-8,11,13-14H,1-2,9-10,12H2,(H,24,27). The molecule has 0 radical (unpaired) electrons. The second-order valence-electron chi connectivity index (χ2n) is 6.60. The van der Waals surface area contributed by atoms with Crippen LogP contribution >= 0.6 is 11.6 Å². The summed E-state index contributed by atoms with van der Waals surface area (Å²) in [5.74, 6) is -0.148. The molecule has 1 N–H and O–H groups in total. The van der Waals surface area contributed by atoms with E-state index >= 15 is 0 Å². The normalized spacial score (nSPS) is 13.7. The zero-order valence-corrected chi connectivity index (χ0v) is 15.6. The average molecular weight is 382 g/mol. The Kier molecular flexibility index (Phi) is 5.07. The van der Waals surface area contributed by atoms with Crippen molar-refractivity contribution in [1.29, 1.82) is 0 Å². The molecule has 138 valence electrons. The van der Waals surface area contributed by atoms with E-state index in [-0.39, 0.29) is 5.91 Å². The number of anilines is 2. The molecule has 6 nitrogen and oxygen atoms in total. The van der Waals surface area contributed by atoms with Crippen molar-refractivity contribution in [3.8, 4) is 0 Å². The fourth-order valence-corrected chi connectivity index (χ4v) is 3.47. The molecular formula is C20H20ClN5O. The van der Waals surface area contributed by atoms with Crippen LogP contribution in [0.2, 0.25) is 5.02 Å². The monoisotopic (exact) mass is 381 g/mol. The molecule has 1 aliphatic heterocycles. The highest BCUT2D eigenvalue weighted by Crippen LogP contribution is 2.31. The van der Waals surface area contributed by atoms with Gasteiger partial charge in [-0.25, -0.2) is 9.67 Å². The Morgan fingerprint density at radius 3 is 2.59 bits per heavy atom. The van der Waals surface area contributed by atoms with Gasteiger partial charge in [0.1, 0.15) is 12.7 Å². The fourth-order valence-electron chi connectivity index (χ4n) is 3.30. The Morgan fingerprint density at radius 1 is 1.11 bits per heavy atom. The summed E-state index contributed by atoms with van der Waals surface area (Å²) in [5.41, 5.74) is 3.43. The van der Waals surface area contributed by atoms with Crippen LogP contribution < -0.4 is 10.2 Å². The van der Waals surface area contributed by atoms with Crippen molar-refractivity contribution < 1.29 is 4.79 Å². The summed E-state index contributed by atoms with van der Waals surface area (Å²) in [6, 6.07) is 13.1. The number of carbonyl (C=O) groups excluding carboxylic acids is 1. The Hall–Kier alpha value is -2.86. The van der Waals surface area contributed by atoms with Crippen molar-refractivity contribution in [1.82, 2.24) is 14.8 Å². The molecule has 0 spiro atoms. The van der Waals surface area contributed by atoms with Crippen LogP contribution in [0.15, 0.2) is 55.1 Å². The smallest absolute Gasteiger partial charge is 0.255 e. The molecule has 1 aliphatic rings. The van der Waals surface area contributed by atoms with E-state index in [1.807, 2.05) is 42.5 Å². The van der Waals surface area contributed by atoms with Gasteiger partial charge in [0.05, 0.1) is 17.9 Å². The van der Waals surface area contributed by atoms with Crippen LogP contribution in [0.1, 0.15) is 28.8 Å². The van der Waals surface area contributed by atoms with E-state index in [0.717, 1.165) is 30.0 Å². The summed E-state index contributed by atoms with van der Waals surface area (Å²) in [4.78, 5) is 18.9. The van der Waals surface area contributed by atoms with Crippen molar-refractivity contribution in [2.24, 2.45) is 0 Å². The van der Waals surface area contributed by atoms with Crippen molar-refractivity contribution in [2.75, 3.05) is 23.3 Å². The number of hydrogen-bond acceptors (Lipinski definition) is 4. The topological polar surface area (TPSA) is 63.1 Å². The van der Waals surface area contributed by atoms with Gasteiger partial charge >= 0.3 is 0 Å². The number of nitrogens with zero attached hydrogens (tertiary/aromatic N) is 4. The van der Waals surface area contributed by atoms with Gasteiger partial charge in [0.15, 0.2) is 0 Å². The predicted octanol–water partition coefficient (Wildman–Crippen LogP) is 3.83. The minimum Gasteiger partial charge on any atom is -0.370 e. The lowest BCUT2D eigenvalue weighted by Crippen LogP contribution is -2.21. The van der Waals surface area contributed by atoms with Crippen molar-refractivity contribution >= 4 is 28.9 Å². The lowest BCUT2D eigenvalue weighted by molar-refractivity contribution is 0.102. The summed E-state index contributed by atoms with van der Waals surface area (Å²) in [5, 5.41) is 7.71. The number of nitrogens with one attached hydrogen (secondary N) is 1. The van der Waals surface area contributed by atoms with E-state index in [2.05, 4.69) is 20.3 Å². The fraction of sp³-hybridized carbons (Fsp3) is 0.250. The number of aromatic nitrogens is 3. The SMILES string of the molecule is O=C(Nc1cc(Cl)ccc1N1CCCC1)c1ccc(Cn2cncn2)cc1. The predicted molar refractivity (Wildman–Crippen MR) is 106 cm³/mol. The zero-order valence-electron chi connectivity index (χ0n) is 14.8. The highest BCUT2D eigenvalue weighted by Gasteiger charge is 2.18. The van der Waals surface area contributed by atoms with Gasteiger partial charge in [-0.05, 0) is 48.7 Å². The third-order valence-corrected chi connectivity index (χ3v) is 4.92. The maximum absolute atomic E-state index is 12.7. The van der Waals surface area contributed by atoms with Crippen LogP contribution in [0.4, 0.5) is 11.4 Å². The largest absolute Gasteiger partial charge is 0.370 e. The first kappa shape index (κ1) is 17.5. The van der Waals surface area contributed by atoms with E-state index in [0.29, 0.717) is 17.1 Å². The second-order valence-corrected chi connectivity index (χ2v) is 7.04. The number of carbonyl (C=O) groups is 1. The first-order valence-corrected chi connectivity index (χ1v) is 9.34. The van der Waals surface area contributed by atoms with Crippen LogP contribution in [-0.4, -0.2) is 33.8 Å². The zero-order chi connectivity index (χ0) is 18.6.